The van der Waals surface area contributed by atoms with Crippen LogP contribution in [-0.2, 0) is 12.8 Å². The molecule has 0 unspecified atom stereocenters. The van der Waals surface area contributed by atoms with E-state index in [-0.39, 0.29) is 0 Å². The molecule has 0 saturated heterocycles. The number of halogens is 1. The lowest BCUT2D eigenvalue weighted by atomic mass is 10.1. The molecule has 0 atom stereocenters. The lowest BCUT2D eigenvalue weighted by Gasteiger charge is -2.10. The van der Waals surface area contributed by atoms with Gasteiger partial charge in [-0.25, -0.2) is 4.68 Å². The van der Waals surface area contributed by atoms with Crippen LogP contribution in [0.15, 0.2) is 48.5 Å². The molecular formula is C19H18ClN3. The number of fused-ring (bicyclic) bond motifs is 1. The van der Waals surface area contributed by atoms with Crippen LogP contribution in [0, 0.1) is 0 Å². The minimum Gasteiger partial charge on any atom is -0.369 e. The van der Waals surface area contributed by atoms with Crippen molar-refractivity contribution in [2.24, 2.45) is 0 Å². The number of nitrogens with one attached hydrogen (secondary N) is 1. The molecule has 0 radical (unpaired) electrons. The minimum absolute atomic E-state index is 0.741. The molecule has 0 spiro atoms. The maximum atomic E-state index is 6.17. The Hall–Kier alpha value is -2.26. The molecule has 4 rings (SSSR count). The maximum Gasteiger partial charge on any atom is 0.133 e. The van der Waals surface area contributed by atoms with E-state index in [0.29, 0.717) is 0 Å². The Kier molecular flexibility index (Phi) is 3.58. The van der Waals surface area contributed by atoms with Crippen molar-refractivity contribution in [1.29, 1.82) is 0 Å². The van der Waals surface area contributed by atoms with Gasteiger partial charge in [0.25, 0.3) is 0 Å². The number of rotatable bonds is 3. The van der Waals surface area contributed by atoms with E-state index >= 15 is 0 Å². The highest BCUT2D eigenvalue weighted by molar-refractivity contribution is 6.30. The predicted molar refractivity (Wildman–Crippen MR) is 95.6 cm³/mol. The smallest absolute Gasteiger partial charge is 0.133 e. The van der Waals surface area contributed by atoms with Crippen LogP contribution in [0.25, 0.3) is 16.9 Å². The molecule has 1 aliphatic rings. The molecule has 3 nitrogen and oxygen atoms in total. The first-order chi connectivity index (χ1) is 11.3. The number of aryl methyl sites for hydroxylation is 1. The molecule has 4 heteroatoms. The van der Waals surface area contributed by atoms with Gasteiger partial charge in [0.2, 0.25) is 0 Å². The van der Waals surface area contributed by atoms with Crippen molar-refractivity contribution in [2.75, 3.05) is 11.9 Å². The lowest BCUT2D eigenvalue weighted by Crippen LogP contribution is -2.06. The number of benzene rings is 2. The third kappa shape index (κ3) is 2.41. The summed E-state index contributed by atoms with van der Waals surface area (Å²) in [5.74, 6) is 1.11. The molecule has 3 aromatic rings. The Labute approximate surface area is 140 Å². The zero-order chi connectivity index (χ0) is 15.8. The second-order valence-electron chi connectivity index (χ2n) is 5.76. The van der Waals surface area contributed by atoms with Crippen molar-refractivity contribution in [3.8, 4) is 16.9 Å². The highest BCUT2D eigenvalue weighted by atomic mass is 35.5. The van der Waals surface area contributed by atoms with E-state index in [0.717, 1.165) is 47.2 Å². The molecule has 0 bridgehead atoms. The zero-order valence-corrected chi connectivity index (χ0v) is 13.8. The molecule has 1 aromatic heterocycles. The first-order valence-corrected chi connectivity index (χ1v) is 8.35. The zero-order valence-electron chi connectivity index (χ0n) is 13.0. The van der Waals surface area contributed by atoms with Crippen LogP contribution in [-0.4, -0.2) is 16.3 Å². The summed E-state index contributed by atoms with van der Waals surface area (Å²) in [5.41, 5.74) is 5.82. The largest absolute Gasteiger partial charge is 0.369 e. The summed E-state index contributed by atoms with van der Waals surface area (Å²) in [7, 11) is 0. The van der Waals surface area contributed by atoms with E-state index in [1.165, 1.54) is 11.1 Å². The van der Waals surface area contributed by atoms with Crippen molar-refractivity contribution in [2.45, 2.75) is 19.8 Å². The topological polar surface area (TPSA) is 29.9 Å². The fourth-order valence-electron chi connectivity index (χ4n) is 3.23. The van der Waals surface area contributed by atoms with Crippen molar-refractivity contribution in [1.82, 2.24) is 9.78 Å². The highest BCUT2D eigenvalue weighted by Gasteiger charge is 2.24. The van der Waals surface area contributed by atoms with Crippen LogP contribution in [0.4, 0.5) is 5.82 Å². The number of hydrogen-bond donors (Lipinski definition) is 1. The predicted octanol–water partition coefficient (Wildman–Crippen LogP) is 4.72. The fraction of sp³-hybridized carbons (Fsp3) is 0.211. The van der Waals surface area contributed by atoms with Crippen LogP contribution < -0.4 is 5.32 Å². The van der Waals surface area contributed by atoms with E-state index in [4.69, 9.17) is 16.7 Å². The van der Waals surface area contributed by atoms with Crippen molar-refractivity contribution in [3.05, 3.63) is 64.7 Å². The highest BCUT2D eigenvalue weighted by Crippen LogP contribution is 2.35. The molecule has 116 valence electrons. The Bertz CT molecular complexity index is 867. The summed E-state index contributed by atoms with van der Waals surface area (Å²) < 4.78 is 2.05. The SMILES string of the molecule is CCc1ccccc1-n1nc(-c2cccc(Cl)c2)c2c1NCC2. The Morgan fingerprint density at radius 2 is 2.04 bits per heavy atom. The van der Waals surface area contributed by atoms with Gasteiger partial charge in [-0.15, -0.1) is 0 Å². The van der Waals surface area contributed by atoms with E-state index in [9.17, 15) is 0 Å². The molecule has 1 N–H and O–H groups in total. The molecule has 2 heterocycles. The maximum absolute atomic E-state index is 6.17. The number of hydrogen-bond acceptors (Lipinski definition) is 2. The first kappa shape index (κ1) is 14.3. The summed E-state index contributed by atoms with van der Waals surface area (Å²) in [6, 6.07) is 16.4. The van der Waals surface area contributed by atoms with Gasteiger partial charge in [-0.2, -0.15) is 5.10 Å². The fourth-order valence-corrected chi connectivity index (χ4v) is 3.42. The van der Waals surface area contributed by atoms with Gasteiger partial charge in [0.05, 0.1) is 11.4 Å². The molecule has 23 heavy (non-hydrogen) atoms. The van der Waals surface area contributed by atoms with Gasteiger partial charge in [-0.1, -0.05) is 48.9 Å². The minimum atomic E-state index is 0.741. The van der Waals surface area contributed by atoms with Crippen molar-refractivity contribution >= 4 is 17.4 Å². The second-order valence-corrected chi connectivity index (χ2v) is 6.19. The third-order valence-electron chi connectivity index (χ3n) is 4.35. The first-order valence-electron chi connectivity index (χ1n) is 7.98. The van der Waals surface area contributed by atoms with Gasteiger partial charge in [0, 0.05) is 22.7 Å². The molecule has 1 aliphatic heterocycles. The Balaban J connectivity index is 1.92. The van der Waals surface area contributed by atoms with Gasteiger partial charge in [0.15, 0.2) is 0 Å². The Morgan fingerprint density at radius 3 is 2.87 bits per heavy atom. The molecular weight excluding hydrogens is 306 g/mol. The van der Waals surface area contributed by atoms with E-state index in [2.05, 4.69) is 47.3 Å². The van der Waals surface area contributed by atoms with Gasteiger partial charge >= 0.3 is 0 Å². The Morgan fingerprint density at radius 1 is 1.17 bits per heavy atom. The number of aromatic nitrogens is 2. The number of anilines is 1. The quantitative estimate of drug-likeness (QED) is 0.755. The summed E-state index contributed by atoms with van der Waals surface area (Å²) in [6.45, 7) is 3.13. The second kappa shape index (κ2) is 5.74. The summed E-state index contributed by atoms with van der Waals surface area (Å²) in [6.07, 6.45) is 1.97. The standard InChI is InChI=1S/C19H18ClN3/c1-2-13-6-3-4-9-17(13)23-19-16(10-11-21-19)18(22-23)14-7-5-8-15(20)12-14/h3-9,12,21H,2,10-11H2,1H3. The molecule has 0 amide bonds. The van der Waals surface area contributed by atoms with Crippen LogP contribution in [0.3, 0.4) is 0 Å². The average Bonchev–Trinajstić information content (AvgIpc) is 3.17. The number of nitrogens with zero attached hydrogens (tertiary/aromatic N) is 2. The number of para-hydroxylation sites is 1. The normalized spacial score (nSPS) is 13.0. The molecule has 0 fully saturated rings. The van der Waals surface area contributed by atoms with Gasteiger partial charge in [-0.3, -0.25) is 0 Å². The van der Waals surface area contributed by atoms with Gasteiger partial charge in [-0.05, 0) is 36.6 Å². The van der Waals surface area contributed by atoms with Gasteiger partial charge < -0.3 is 5.32 Å². The lowest BCUT2D eigenvalue weighted by molar-refractivity contribution is 0.866. The third-order valence-corrected chi connectivity index (χ3v) is 4.58. The van der Waals surface area contributed by atoms with E-state index in [1.54, 1.807) is 0 Å². The van der Waals surface area contributed by atoms with Crippen LogP contribution in [0.5, 0.6) is 0 Å². The van der Waals surface area contributed by atoms with Crippen LogP contribution in [0.2, 0.25) is 5.02 Å². The molecule has 0 saturated carbocycles. The van der Waals surface area contributed by atoms with Crippen molar-refractivity contribution in [3.63, 3.8) is 0 Å². The van der Waals surface area contributed by atoms with E-state index < -0.39 is 0 Å². The summed E-state index contributed by atoms with van der Waals surface area (Å²) in [5, 5.41) is 9.15. The summed E-state index contributed by atoms with van der Waals surface area (Å²) >= 11 is 6.17. The van der Waals surface area contributed by atoms with Crippen LogP contribution in [0.1, 0.15) is 18.1 Å². The van der Waals surface area contributed by atoms with Gasteiger partial charge in [0.1, 0.15) is 5.82 Å². The summed E-state index contributed by atoms with van der Waals surface area (Å²) in [4.78, 5) is 0. The van der Waals surface area contributed by atoms with Crippen molar-refractivity contribution < 1.29 is 0 Å². The molecule has 0 aliphatic carbocycles. The molecule has 2 aromatic carbocycles. The van der Waals surface area contributed by atoms with Crippen LogP contribution >= 0.6 is 11.6 Å². The average molecular weight is 324 g/mol. The monoisotopic (exact) mass is 323 g/mol. The van der Waals surface area contributed by atoms with E-state index in [1.807, 2.05) is 18.2 Å².